The van der Waals surface area contributed by atoms with Gasteiger partial charge in [-0.25, -0.2) is 0 Å². The molecule has 0 aliphatic rings. The predicted molar refractivity (Wildman–Crippen MR) is 66.2 cm³/mol. The van der Waals surface area contributed by atoms with E-state index in [1.165, 1.54) is 6.07 Å². The lowest BCUT2D eigenvalue weighted by Crippen LogP contribution is -2.01. The fourth-order valence-electron chi connectivity index (χ4n) is 1.64. The normalized spacial score (nSPS) is 10.3. The van der Waals surface area contributed by atoms with E-state index in [1.54, 1.807) is 30.8 Å². The van der Waals surface area contributed by atoms with Gasteiger partial charge >= 0.3 is 0 Å². The van der Waals surface area contributed by atoms with Crippen molar-refractivity contribution in [2.75, 3.05) is 5.32 Å². The van der Waals surface area contributed by atoms with Crippen LogP contribution in [-0.4, -0.2) is 19.9 Å². The molecule has 0 fully saturated rings. The Balaban J connectivity index is 2.06. The van der Waals surface area contributed by atoms with E-state index in [9.17, 15) is 10.1 Å². The molecule has 0 spiro atoms. The molecule has 0 radical (unpaired) electrons. The third-order valence-corrected chi connectivity index (χ3v) is 2.52. The maximum atomic E-state index is 10.7. The quantitative estimate of drug-likeness (QED) is 0.655. The van der Waals surface area contributed by atoms with Crippen molar-refractivity contribution in [1.82, 2.24) is 15.0 Å². The number of nitro benzene ring substituents is 1. The number of aryl methyl sites for hydroxylation is 2. The molecule has 0 amide bonds. The highest BCUT2D eigenvalue weighted by molar-refractivity contribution is 5.53. The Morgan fingerprint density at radius 1 is 1.50 bits per heavy atom. The van der Waals surface area contributed by atoms with Crippen LogP contribution in [0.15, 0.2) is 24.4 Å². The van der Waals surface area contributed by atoms with Crippen molar-refractivity contribution in [3.8, 4) is 0 Å². The number of nitrogens with zero attached hydrogens (tertiary/aromatic N) is 4. The smallest absolute Gasteiger partial charge is 0.272 e. The Morgan fingerprint density at radius 3 is 2.83 bits per heavy atom. The molecule has 2 aromatic rings. The Bertz CT molecular complexity index is 579. The molecule has 94 valence electrons. The highest BCUT2D eigenvalue weighted by Crippen LogP contribution is 2.21. The summed E-state index contributed by atoms with van der Waals surface area (Å²) in [4.78, 5) is 10.3. The first-order valence-corrected chi connectivity index (χ1v) is 5.40. The van der Waals surface area contributed by atoms with Gasteiger partial charge in [0.1, 0.15) is 5.69 Å². The first kappa shape index (κ1) is 12.0. The Morgan fingerprint density at radius 2 is 2.28 bits per heavy atom. The lowest BCUT2D eigenvalue weighted by atomic mass is 10.2. The van der Waals surface area contributed by atoms with Gasteiger partial charge in [0.2, 0.25) is 0 Å². The van der Waals surface area contributed by atoms with Crippen molar-refractivity contribution in [2.45, 2.75) is 13.5 Å². The van der Waals surface area contributed by atoms with E-state index in [-0.39, 0.29) is 10.6 Å². The van der Waals surface area contributed by atoms with Gasteiger partial charge in [0, 0.05) is 30.6 Å². The molecule has 0 bridgehead atoms. The van der Waals surface area contributed by atoms with E-state index in [0.29, 0.717) is 12.1 Å². The monoisotopic (exact) mass is 247 g/mol. The van der Waals surface area contributed by atoms with Crippen LogP contribution >= 0.6 is 0 Å². The average Bonchev–Trinajstić information content (AvgIpc) is 2.72. The molecule has 1 heterocycles. The van der Waals surface area contributed by atoms with Gasteiger partial charge in [0.25, 0.3) is 5.69 Å². The SMILES string of the molecule is Cc1cc(NCc2cn(C)nn2)ccc1[N+](=O)[O-]. The van der Waals surface area contributed by atoms with Crippen LogP contribution in [0.4, 0.5) is 11.4 Å². The maximum absolute atomic E-state index is 10.7. The number of aromatic nitrogens is 3. The summed E-state index contributed by atoms with van der Waals surface area (Å²) in [5.41, 5.74) is 2.39. The van der Waals surface area contributed by atoms with E-state index in [2.05, 4.69) is 15.6 Å². The van der Waals surface area contributed by atoms with Gasteiger partial charge in [-0.05, 0) is 19.1 Å². The van der Waals surface area contributed by atoms with Gasteiger partial charge in [-0.15, -0.1) is 5.10 Å². The summed E-state index contributed by atoms with van der Waals surface area (Å²) in [7, 11) is 1.80. The topological polar surface area (TPSA) is 85.9 Å². The zero-order valence-corrected chi connectivity index (χ0v) is 10.1. The molecule has 1 N–H and O–H groups in total. The van der Waals surface area contributed by atoms with Gasteiger partial charge in [-0.1, -0.05) is 5.21 Å². The number of benzene rings is 1. The minimum Gasteiger partial charge on any atom is -0.379 e. The predicted octanol–water partition coefficient (Wildman–Crippen LogP) is 1.64. The summed E-state index contributed by atoms with van der Waals surface area (Å²) in [6, 6.07) is 4.92. The van der Waals surface area contributed by atoms with Crippen molar-refractivity contribution < 1.29 is 4.92 Å². The molecular formula is C11H13N5O2. The minimum absolute atomic E-state index is 0.125. The highest BCUT2D eigenvalue weighted by Gasteiger charge is 2.10. The molecule has 7 nitrogen and oxygen atoms in total. The van der Waals surface area contributed by atoms with Crippen LogP contribution in [0.2, 0.25) is 0 Å². The van der Waals surface area contributed by atoms with Crippen molar-refractivity contribution in [2.24, 2.45) is 7.05 Å². The molecule has 2 rings (SSSR count). The van der Waals surface area contributed by atoms with Crippen molar-refractivity contribution in [3.05, 3.63) is 45.8 Å². The van der Waals surface area contributed by atoms with E-state index >= 15 is 0 Å². The van der Waals surface area contributed by atoms with E-state index in [0.717, 1.165) is 11.4 Å². The second-order valence-corrected chi connectivity index (χ2v) is 4.00. The van der Waals surface area contributed by atoms with Crippen molar-refractivity contribution in [3.63, 3.8) is 0 Å². The van der Waals surface area contributed by atoms with E-state index in [4.69, 9.17) is 0 Å². The molecule has 0 saturated heterocycles. The van der Waals surface area contributed by atoms with Crippen LogP contribution in [0, 0.1) is 17.0 Å². The van der Waals surface area contributed by atoms with Crippen LogP contribution < -0.4 is 5.32 Å². The Labute approximate surface area is 104 Å². The van der Waals surface area contributed by atoms with Gasteiger partial charge < -0.3 is 5.32 Å². The van der Waals surface area contributed by atoms with E-state index in [1.807, 2.05) is 6.20 Å². The van der Waals surface area contributed by atoms with Gasteiger partial charge in [0.05, 0.1) is 11.5 Å². The summed E-state index contributed by atoms with van der Waals surface area (Å²) in [6.07, 6.45) is 1.81. The molecule has 1 aromatic heterocycles. The third-order valence-electron chi connectivity index (χ3n) is 2.52. The largest absolute Gasteiger partial charge is 0.379 e. The Kier molecular flexibility index (Phi) is 3.22. The first-order chi connectivity index (χ1) is 8.56. The molecule has 7 heteroatoms. The lowest BCUT2D eigenvalue weighted by molar-refractivity contribution is -0.385. The third kappa shape index (κ3) is 2.62. The maximum Gasteiger partial charge on any atom is 0.272 e. The summed E-state index contributed by atoms with van der Waals surface area (Å²) in [5, 5.41) is 21.6. The molecular weight excluding hydrogens is 234 g/mol. The number of rotatable bonds is 4. The number of hydrogen-bond donors (Lipinski definition) is 1. The number of hydrogen-bond acceptors (Lipinski definition) is 5. The Hall–Kier alpha value is -2.44. The average molecular weight is 247 g/mol. The molecule has 0 aliphatic heterocycles. The van der Waals surface area contributed by atoms with Crippen LogP contribution in [0.3, 0.4) is 0 Å². The number of nitrogens with one attached hydrogen (secondary N) is 1. The molecule has 1 aromatic carbocycles. The van der Waals surface area contributed by atoms with Gasteiger partial charge in [-0.2, -0.15) is 0 Å². The standard InChI is InChI=1S/C11H13N5O2/c1-8-5-9(3-4-11(8)16(17)18)12-6-10-7-15(2)14-13-10/h3-5,7,12H,6H2,1-2H3. The number of nitro groups is 1. The summed E-state index contributed by atoms with van der Waals surface area (Å²) < 4.78 is 1.62. The van der Waals surface area contributed by atoms with Crippen LogP contribution in [-0.2, 0) is 13.6 Å². The molecule has 0 saturated carbocycles. The van der Waals surface area contributed by atoms with Gasteiger partial charge in [0.15, 0.2) is 0 Å². The van der Waals surface area contributed by atoms with E-state index < -0.39 is 0 Å². The summed E-state index contributed by atoms with van der Waals surface area (Å²) in [5.74, 6) is 0. The fourth-order valence-corrected chi connectivity index (χ4v) is 1.64. The second kappa shape index (κ2) is 4.82. The van der Waals surface area contributed by atoms with Gasteiger partial charge in [-0.3, -0.25) is 14.8 Å². The second-order valence-electron chi connectivity index (χ2n) is 4.00. The zero-order chi connectivity index (χ0) is 13.1. The van der Waals surface area contributed by atoms with Crippen LogP contribution in [0.1, 0.15) is 11.3 Å². The zero-order valence-electron chi connectivity index (χ0n) is 10.1. The van der Waals surface area contributed by atoms with Crippen LogP contribution in [0.5, 0.6) is 0 Å². The number of anilines is 1. The summed E-state index contributed by atoms with van der Waals surface area (Å²) in [6.45, 7) is 2.25. The first-order valence-electron chi connectivity index (χ1n) is 5.40. The molecule has 0 aliphatic carbocycles. The molecule has 18 heavy (non-hydrogen) atoms. The molecule has 0 atom stereocenters. The lowest BCUT2D eigenvalue weighted by Gasteiger charge is -2.05. The van der Waals surface area contributed by atoms with Crippen molar-refractivity contribution in [1.29, 1.82) is 0 Å². The van der Waals surface area contributed by atoms with Crippen molar-refractivity contribution >= 4 is 11.4 Å². The minimum atomic E-state index is -0.387. The fraction of sp³-hybridized carbons (Fsp3) is 0.273. The molecule has 0 unspecified atom stereocenters. The highest BCUT2D eigenvalue weighted by atomic mass is 16.6. The van der Waals surface area contributed by atoms with Crippen LogP contribution in [0.25, 0.3) is 0 Å². The summed E-state index contributed by atoms with van der Waals surface area (Å²) >= 11 is 0.